The lowest BCUT2D eigenvalue weighted by Crippen LogP contribution is -2.38. The van der Waals surface area contributed by atoms with Crippen LogP contribution in [-0.4, -0.2) is 48.6 Å². The molecule has 2 amide bonds. The summed E-state index contributed by atoms with van der Waals surface area (Å²) < 4.78 is 2.29. The SMILES string of the molecule is CSN1CCC(CNC(=O)CNC(=O)/C=C/c2cccc(Cl)c2)C1. The normalized spacial score (nSPS) is 18.0. The van der Waals surface area contributed by atoms with E-state index in [-0.39, 0.29) is 18.4 Å². The van der Waals surface area contributed by atoms with Gasteiger partial charge in [-0.15, -0.1) is 0 Å². The molecule has 1 fully saturated rings. The lowest BCUT2D eigenvalue weighted by Gasteiger charge is -2.13. The molecule has 0 saturated carbocycles. The fraction of sp³-hybridized carbons (Fsp3) is 0.412. The monoisotopic (exact) mass is 367 g/mol. The molecule has 2 N–H and O–H groups in total. The first kappa shape index (κ1) is 18.8. The summed E-state index contributed by atoms with van der Waals surface area (Å²) in [5, 5.41) is 6.07. The highest BCUT2D eigenvalue weighted by Crippen LogP contribution is 2.20. The Hall–Kier alpha value is -1.50. The Balaban J connectivity index is 1.65. The summed E-state index contributed by atoms with van der Waals surface area (Å²) in [6.07, 6.45) is 6.21. The molecule has 1 atom stereocenters. The molecule has 0 spiro atoms. The fourth-order valence-corrected chi connectivity index (χ4v) is 3.31. The lowest BCUT2D eigenvalue weighted by atomic mass is 10.1. The Morgan fingerprint density at radius 2 is 2.25 bits per heavy atom. The smallest absolute Gasteiger partial charge is 0.244 e. The Labute approximate surface area is 151 Å². The number of amides is 2. The van der Waals surface area contributed by atoms with E-state index in [2.05, 4.69) is 21.2 Å². The molecule has 0 aliphatic carbocycles. The van der Waals surface area contributed by atoms with Crippen LogP contribution in [0.25, 0.3) is 6.08 Å². The summed E-state index contributed by atoms with van der Waals surface area (Å²) in [4.78, 5) is 23.5. The van der Waals surface area contributed by atoms with Crippen LogP contribution in [0.1, 0.15) is 12.0 Å². The molecule has 1 aromatic rings. The lowest BCUT2D eigenvalue weighted by molar-refractivity contribution is -0.124. The van der Waals surface area contributed by atoms with Crippen molar-refractivity contribution in [2.24, 2.45) is 5.92 Å². The van der Waals surface area contributed by atoms with Crippen molar-refractivity contribution < 1.29 is 9.59 Å². The summed E-state index contributed by atoms with van der Waals surface area (Å²) in [6, 6.07) is 7.19. The summed E-state index contributed by atoms with van der Waals surface area (Å²) >= 11 is 7.61. The quantitative estimate of drug-likeness (QED) is 0.573. The van der Waals surface area contributed by atoms with Crippen LogP contribution in [0.3, 0.4) is 0 Å². The predicted octanol–water partition coefficient (Wildman–Crippen LogP) is 2.19. The van der Waals surface area contributed by atoms with Gasteiger partial charge in [-0.1, -0.05) is 35.7 Å². The van der Waals surface area contributed by atoms with E-state index in [1.54, 1.807) is 30.2 Å². The van der Waals surface area contributed by atoms with Crippen LogP contribution >= 0.6 is 23.5 Å². The maximum absolute atomic E-state index is 11.8. The average molecular weight is 368 g/mol. The second kappa shape index (κ2) is 9.71. The highest BCUT2D eigenvalue weighted by atomic mass is 35.5. The highest BCUT2D eigenvalue weighted by Gasteiger charge is 2.21. The van der Waals surface area contributed by atoms with Crippen molar-refractivity contribution in [2.75, 3.05) is 32.4 Å². The molecule has 0 bridgehead atoms. The first-order valence-electron chi connectivity index (χ1n) is 7.84. The minimum absolute atomic E-state index is 0.0162. The second-order valence-electron chi connectivity index (χ2n) is 5.64. The number of nitrogens with one attached hydrogen (secondary N) is 2. The molecule has 7 heteroatoms. The summed E-state index contributed by atoms with van der Waals surface area (Å²) in [6.45, 7) is 2.70. The van der Waals surface area contributed by atoms with Crippen molar-refractivity contribution >= 4 is 41.4 Å². The minimum Gasteiger partial charge on any atom is -0.354 e. The van der Waals surface area contributed by atoms with E-state index in [9.17, 15) is 9.59 Å². The maximum atomic E-state index is 11.8. The largest absolute Gasteiger partial charge is 0.354 e. The number of benzene rings is 1. The van der Waals surface area contributed by atoms with E-state index < -0.39 is 0 Å². The van der Waals surface area contributed by atoms with Crippen LogP contribution in [0.5, 0.6) is 0 Å². The van der Waals surface area contributed by atoms with Crippen LogP contribution in [0.4, 0.5) is 0 Å². The highest BCUT2D eigenvalue weighted by molar-refractivity contribution is 7.96. The van der Waals surface area contributed by atoms with Gasteiger partial charge in [-0.3, -0.25) is 13.9 Å². The number of rotatable bonds is 7. The van der Waals surface area contributed by atoms with E-state index in [0.717, 1.165) is 25.1 Å². The van der Waals surface area contributed by atoms with E-state index in [1.165, 1.54) is 6.08 Å². The molecule has 24 heavy (non-hydrogen) atoms. The van der Waals surface area contributed by atoms with Gasteiger partial charge in [0, 0.05) is 30.7 Å². The van der Waals surface area contributed by atoms with Gasteiger partial charge in [0.15, 0.2) is 0 Å². The molecule has 1 aromatic carbocycles. The zero-order chi connectivity index (χ0) is 17.4. The molecule has 0 aromatic heterocycles. The van der Waals surface area contributed by atoms with Crippen molar-refractivity contribution in [2.45, 2.75) is 6.42 Å². The molecule has 1 aliphatic rings. The first-order valence-corrected chi connectivity index (χ1v) is 9.40. The Morgan fingerprint density at radius 3 is 2.96 bits per heavy atom. The van der Waals surface area contributed by atoms with Crippen LogP contribution in [0, 0.1) is 5.92 Å². The van der Waals surface area contributed by atoms with Crippen LogP contribution < -0.4 is 10.6 Å². The maximum Gasteiger partial charge on any atom is 0.244 e. The zero-order valence-corrected chi connectivity index (χ0v) is 15.2. The Kier molecular flexibility index (Phi) is 7.62. The second-order valence-corrected chi connectivity index (χ2v) is 6.95. The van der Waals surface area contributed by atoms with E-state index >= 15 is 0 Å². The predicted molar refractivity (Wildman–Crippen MR) is 99.7 cm³/mol. The van der Waals surface area contributed by atoms with Gasteiger partial charge in [0.1, 0.15) is 0 Å². The van der Waals surface area contributed by atoms with Gasteiger partial charge in [-0.2, -0.15) is 0 Å². The number of nitrogens with zero attached hydrogens (tertiary/aromatic N) is 1. The van der Waals surface area contributed by atoms with Crippen LogP contribution in [0.2, 0.25) is 5.02 Å². The van der Waals surface area contributed by atoms with Gasteiger partial charge in [0.05, 0.1) is 6.54 Å². The van der Waals surface area contributed by atoms with Crippen molar-refractivity contribution in [3.63, 3.8) is 0 Å². The van der Waals surface area contributed by atoms with Crippen molar-refractivity contribution in [1.29, 1.82) is 0 Å². The van der Waals surface area contributed by atoms with Gasteiger partial charge < -0.3 is 10.6 Å². The van der Waals surface area contributed by atoms with Crippen LogP contribution in [0.15, 0.2) is 30.3 Å². The molecule has 1 aliphatic heterocycles. The van der Waals surface area contributed by atoms with E-state index in [1.807, 2.05) is 12.1 Å². The van der Waals surface area contributed by atoms with Gasteiger partial charge in [-0.25, -0.2) is 0 Å². The molecule has 0 radical (unpaired) electrons. The molecular formula is C17H22ClN3O2S. The zero-order valence-electron chi connectivity index (χ0n) is 13.6. The van der Waals surface area contributed by atoms with Crippen molar-refractivity contribution in [3.05, 3.63) is 40.9 Å². The first-order chi connectivity index (χ1) is 11.6. The van der Waals surface area contributed by atoms with Gasteiger partial charge in [0.25, 0.3) is 0 Å². The molecule has 130 valence electrons. The van der Waals surface area contributed by atoms with Crippen molar-refractivity contribution in [3.8, 4) is 0 Å². The molecule has 5 nitrogen and oxygen atoms in total. The third-order valence-corrected chi connectivity index (χ3v) is 4.88. The number of hydrogen-bond donors (Lipinski definition) is 2. The van der Waals surface area contributed by atoms with Crippen LogP contribution in [-0.2, 0) is 9.59 Å². The molecule has 1 unspecified atom stereocenters. The topological polar surface area (TPSA) is 61.4 Å². The number of halogens is 1. The van der Waals surface area contributed by atoms with Crippen molar-refractivity contribution in [1.82, 2.24) is 14.9 Å². The third-order valence-electron chi connectivity index (χ3n) is 3.79. The number of hydrogen-bond acceptors (Lipinski definition) is 4. The third kappa shape index (κ3) is 6.55. The summed E-state index contributed by atoms with van der Waals surface area (Å²) in [5.74, 6) is 0.0153. The standard InChI is InChI=1S/C17H22ClN3O2S/c1-24-21-8-7-14(12-21)10-19-17(23)11-20-16(22)6-5-13-3-2-4-15(18)9-13/h2-6,9,14H,7-8,10-12H2,1H3,(H,19,23)(H,20,22)/b6-5+. The average Bonchev–Trinajstić information content (AvgIpc) is 3.04. The van der Waals surface area contributed by atoms with Gasteiger partial charge in [-0.05, 0) is 42.4 Å². The van der Waals surface area contributed by atoms with Gasteiger partial charge in [0.2, 0.25) is 11.8 Å². The van der Waals surface area contributed by atoms with E-state index in [4.69, 9.17) is 11.6 Å². The fourth-order valence-electron chi connectivity index (χ4n) is 2.46. The molecule has 1 heterocycles. The summed E-state index contributed by atoms with van der Waals surface area (Å²) in [5.41, 5.74) is 0.835. The molecule has 2 rings (SSSR count). The molecule has 1 saturated heterocycles. The molecular weight excluding hydrogens is 346 g/mol. The number of carbonyl (C=O) groups excluding carboxylic acids is 2. The van der Waals surface area contributed by atoms with Gasteiger partial charge >= 0.3 is 0 Å². The van der Waals surface area contributed by atoms with E-state index in [0.29, 0.717) is 17.5 Å². The minimum atomic E-state index is -0.306. The summed E-state index contributed by atoms with van der Waals surface area (Å²) in [7, 11) is 0. The Morgan fingerprint density at radius 1 is 1.42 bits per heavy atom. The Bertz CT molecular complexity index is 609. The number of carbonyl (C=O) groups is 2.